The maximum absolute atomic E-state index is 12.9. The molecule has 1 aromatic heterocycles. The van der Waals surface area contributed by atoms with Crippen molar-refractivity contribution in [2.45, 2.75) is 45.3 Å². The lowest BCUT2D eigenvalue weighted by Gasteiger charge is -2.18. The number of pyridine rings is 1. The molecule has 0 fully saturated rings. The number of benzene rings is 1. The van der Waals surface area contributed by atoms with Crippen LogP contribution in [-0.2, 0) is 11.0 Å². The molecular weight excluding hydrogens is 349 g/mol. The Bertz CT molecular complexity index is 782. The number of amides is 1. The van der Waals surface area contributed by atoms with Gasteiger partial charge in [0.15, 0.2) is 0 Å². The average molecular weight is 370 g/mol. The number of halogens is 3. The number of aromatic nitrogens is 1. The molecule has 3 nitrogen and oxygen atoms in total. The summed E-state index contributed by atoms with van der Waals surface area (Å²) < 4.78 is 38.6. The molecule has 0 aliphatic heterocycles. The molecule has 7 heteroatoms. The first-order valence-corrected chi connectivity index (χ1v) is 8.93. The Morgan fingerprint density at radius 1 is 1.20 bits per heavy atom. The van der Waals surface area contributed by atoms with E-state index in [1.165, 1.54) is 17.8 Å². The van der Waals surface area contributed by atoms with Gasteiger partial charge in [0.1, 0.15) is 5.03 Å². The molecule has 0 saturated heterocycles. The van der Waals surface area contributed by atoms with Crippen LogP contribution in [0, 0.1) is 5.41 Å². The van der Waals surface area contributed by atoms with E-state index in [1.807, 2.05) is 27.7 Å². The maximum Gasteiger partial charge on any atom is 0.416 e. The van der Waals surface area contributed by atoms with E-state index in [0.29, 0.717) is 28.3 Å². The van der Waals surface area contributed by atoms with Gasteiger partial charge in [-0.25, -0.2) is 4.98 Å². The summed E-state index contributed by atoms with van der Waals surface area (Å²) in [4.78, 5) is 16.5. The summed E-state index contributed by atoms with van der Waals surface area (Å²) >= 11 is 1.38. The molecule has 0 saturated carbocycles. The molecule has 0 atom stereocenters. The van der Waals surface area contributed by atoms with Crippen molar-refractivity contribution in [2.24, 2.45) is 5.41 Å². The zero-order chi connectivity index (χ0) is 18.8. The molecule has 25 heavy (non-hydrogen) atoms. The van der Waals surface area contributed by atoms with E-state index in [1.54, 1.807) is 6.07 Å². The third kappa shape index (κ3) is 5.36. The topological polar surface area (TPSA) is 42.0 Å². The molecule has 1 heterocycles. The predicted molar refractivity (Wildman–Crippen MR) is 95.8 cm³/mol. The number of nitrogens with zero attached hydrogens (tertiary/aromatic N) is 1. The smallest absolute Gasteiger partial charge is 0.324 e. The third-order valence-corrected chi connectivity index (χ3v) is 4.23. The van der Waals surface area contributed by atoms with E-state index in [2.05, 4.69) is 10.3 Å². The van der Waals surface area contributed by atoms with Crippen molar-refractivity contribution in [1.29, 1.82) is 0 Å². The standard InChI is InChI=1S/C18H21F3N2OS/c1-5-25-16-14(22-15(24)10-17(2,3)4)8-11-6-7-12(18(19,20)21)9-13(11)23-16/h6-9H,5,10H2,1-4H3,(H,22,24). The highest BCUT2D eigenvalue weighted by atomic mass is 32.2. The molecule has 0 spiro atoms. The first kappa shape index (κ1) is 19.6. The number of alkyl halides is 3. The van der Waals surface area contributed by atoms with Gasteiger partial charge in [0.05, 0.1) is 16.8 Å². The van der Waals surface area contributed by atoms with Gasteiger partial charge in [-0.1, -0.05) is 33.8 Å². The Morgan fingerprint density at radius 3 is 2.44 bits per heavy atom. The van der Waals surface area contributed by atoms with Gasteiger partial charge < -0.3 is 5.32 Å². The third-order valence-electron chi connectivity index (χ3n) is 3.36. The molecule has 1 N–H and O–H groups in total. The number of hydrogen-bond donors (Lipinski definition) is 1. The normalized spacial score (nSPS) is 12.4. The molecule has 2 aromatic rings. The van der Waals surface area contributed by atoms with Crippen molar-refractivity contribution < 1.29 is 18.0 Å². The van der Waals surface area contributed by atoms with Crippen molar-refractivity contribution in [3.63, 3.8) is 0 Å². The maximum atomic E-state index is 12.9. The van der Waals surface area contributed by atoms with Gasteiger partial charge in [-0.05, 0) is 29.4 Å². The highest BCUT2D eigenvalue weighted by Gasteiger charge is 2.30. The highest BCUT2D eigenvalue weighted by molar-refractivity contribution is 7.99. The molecule has 0 bridgehead atoms. The van der Waals surface area contributed by atoms with Crippen LogP contribution in [0.1, 0.15) is 39.7 Å². The van der Waals surface area contributed by atoms with E-state index in [9.17, 15) is 18.0 Å². The Labute approximate surface area is 149 Å². The molecule has 2 rings (SSSR count). The molecule has 0 aliphatic carbocycles. The van der Waals surface area contributed by atoms with Crippen LogP contribution >= 0.6 is 11.8 Å². The van der Waals surface area contributed by atoms with Crippen LogP contribution in [-0.4, -0.2) is 16.6 Å². The highest BCUT2D eigenvalue weighted by Crippen LogP contribution is 2.34. The van der Waals surface area contributed by atoms with Gasteiger partial charge >= 0.3 is 6.18 Å². The van der Waals surface area contributed by atoms with Gasteiger partial charge in [-0.15, -0.1) is 11.8 Å². The first-order chi connectivity index (χ1) is 11.5. The van der Waals surface area contributed by atoms with Crippen molar-refractivity contribution in [3.05, 3.63) is 29.8 Å². The summed E-state index contributed by atoms with van der Waals surface area (Å²) in [7, 11) is 0. The first-order valence-electron chi connectivity index (χ1n) is 7.94. The average Bonchev–Trinajstić information content (AvgIpc) is 2.44. The Kier molecular flexibility index (Phi) is 5.66. The summed E-state index contributed by atoms with van der Waals surface area (Å²) in [5, 5.41) is 3.92. The van der Waals surface area contributed by atoms with Gasteiger partial charge in [0.2, 0.25) is 5.91 Å². The summed E-state index contributed by atoms with van der Waals surface area (Å²) in [6, 6.07) is 5.12. The fourth-order valence-corrected chi connectivity index (χ4v) is 3.04. The summed E-state index contributed by atoms with van der Waals surface area (Å²) in [6.45, 7) is 7.81. The largest absolute Gasteiger partial charge is 0.416 e. The SMILES string of the molecule is CCSc1nc2cc(C(F)(F)F)ccc2cc1NC(=O)CC(C)(C)C. The summed E-state index contributed by atoms with van der Waals surface area (Å²) in [6.07, 6.45) is -4.07. The molecule has 0 unspecified atom stereocenters. The van der Waals surface area contributed by atoms with Crippen LogP contribution in [0.3, 0.4) is 0 Å². The minimum absolute atomic E-state index is 0.140. The number of carbonyl (C=O) groups excluding carboxylic acids is 1. The second-order valence-corrected chi connectivity index (χ2v) is 8.22. The second kappa shape index (κ2) is 7.23. The van der Waals surface area contributed by atoms with Gasteiger partial charge in [0.25, 0.3) is 0 Å². The number of rotatable bonds is 4. The van der Waals surface area contributed by atoms with Gasteiger partial charge in [0, 0.05) is 11.8 Å². The Morgan fingerprint density at radius 2 is 1.88 bits per heavy atom. The van der Waals surface area contributed by atoms with Gasteiger partial charge in [-0.2, -0.15) is 13.2 Å². The van der Waals surface area contributed by atoms with E-state index >= 15 is 0 Å². The Balaban J connectivity index is 2.42. The minimum atomic E-state index is -4.41. The lowest BCUT2D eigenvalue weighted by molar-refractivity contribution is -0.137. The summed E-state index contributed by atoms with van der Waals surface area (Å²) in [5.41, 5.74) is -0.0916. The van der Waals surface area contributed by atoms with Crippen molar-refractivity contribution in [1.82, 2.24) is 4.98 Å². The molecule has 136 valence electrons. The van der Waals surface area contributed by atoms with E-state index in [0.717, 1.165) is 12.1 Å². The molecular formula is C18H21F3N2OS. The fourth-order valence-electron chi connectivity index (χ4n) is 2.34. The van der Waals surface area contributed by atoms with Crippen LogP contribution < -0.4 is 5.32 Å². The second-order valence-electron chi connectivity index (χ2n) is 6.96. The molecule has 0 aliphatic rings. The van der Waals surface area contributed by atoms with Crippen LogP contribution in [0.4, 0.5) is 18.9 Å². The predicted octanol–water partition coefficient (Wildman–Crippen LogP) is 5.74. The zero-order valence-corrected chi connectivity index (χ0v) is 15.4. The number of anilines is 1. The fraction of sp³-hybridized carbons (Fsp3) is 0.444. The summed E-state index contributed by atoms with van der Waals surface area (Å²) in [5.74, 6) is 0.554. The van der Waals surface area contributed by atoms with Crippen LogP contribution in [0.2, 0.25) is 0 Å². The lowest BCUT2D eigenvalue weighted by Crippen LogP contribution is -2.20. The molecule has 0 radical (unpaired) electrons. The number of nitrogens with one attached hydrogen (secondary N) is 1. The number of thioether (sulfide) groups is 1. The van der Waals surface area contributed by atoms with Crippen LogP contribution in [0.25, 0.3) is 10.9 Å². The van der Waals surface area contributed by atoms with Crippen molar-refractivity contribution in [3.8, 4) is 0 Å². The van der Waals surface area contributed by atoms with E-state index in [4.69, 9.17) is 0 Å². The van der Waals surface area contributed by atoms with Gasteiger partial charge in [-0.3, -0.25) is 4.79 Å². The zero-order valence-electron chi connectivity index (χ0n) is 14.6. The van der Waals surface area contributed by atoms with Crippen LogP contribution in [0.15, 0.2) is 29.3 Å². The van der Waals surface area contributed by atoms with E-state index < -0.39 is 11.7 Å². The van der Waals surface area contributed by atoms with Crippen molar-refractivity contribution >= 4 is 34.3 Å². The minimum Gasteiger partial charge on any atom is -0.324 e. The van der Waals surface area contributed by atoms with E-state index in [-0.39, 0.29) is 16.8 Å². The quantitative estimate of drug-likeness (QED) is 0.698. The number of fused-ring (bicyclic) bond motifs is 1. The number of hydrogen-bond acceptors (Lipinski definition) is 3. The van der Waals surface area contributed by atoms with Crippen LogP contribution in [0.5, 0.6) is 0 Å². The molecule has 1 amide bonds. The monoisotopic (exact) mass is 370 g/mol. The number of carbonyl (C=O) groups is 1. The molecule has 1 aromatic carbocycles. The van der Waals surface area contributed by atoms with Crippen molar-refractivity contribution in [2.75, 3.05) is 11.1 Å². The Hall–Kier alpha value is -1.76. The lowest BCUT2D eigenvalue weighted by atomic mass is 9.92.